The number of anilines is 1. The molecule has 0 saturated carbocycles. The highest BCUT2D eigenvalue weighted by Gasteiger charge is 2.19. The van der Waals surface area contributed by atoms with Crippen molar-refractivity contribution >= 4 is 32.9 Å². The molecule has 2 N–H and O–H groups in total. The molecule has 1 aromatic carbocycles. The van der Waals surface area contributed by atoms with Gasteiger partial charge in [-0.05, 0) is 48.0 Å². The predicted molar refractivity (Wildman–Crippen MR) is 79.1 cm³/mol. The van der Waals surface area contributed by atoms with Gasteiger partial charge in [0.1, 0.15) is 17.3 Å². The highest BCUT2D eigenvalue weighted by atomic mass is 79.9. The fourth-order valence-electron chi connectivity index (χ4n) is 2.32. The van der Waals surface area contributed by atoms with Gasteiger partial charge in [0.15, 0.2) is 0 Å². The smallest absolute Gasteiger partial charge is 0.201 e. The summed E-state index contributed by atoms with van der Waals surface area (Å²) < 4.78 is 21.4. The van der Waals surface area contributed by atoms with Crippen LogP contribution in [0.5, 0.6) is 0 Å². The summed E-state index contributed by atoms with van der Waals surface area (Å²) in [6.45, 7) is 3.85. The topological polar surface area (TPSA) is 57.0 Å². The molecule has 0 fully saturated rings. The normalized spacial score (nSPS) is 13.0. The minimum absolute atomic E-state index is 0.119. The van der Waals surface area contributed by atoms with E-state index in [2.05, 4.69) is 20.9 Å². The third kappa shape index (κ3) is 2.00. The summed E-state index contributed by atoms with van der Waals surface area (Å²) in [5.74, 6) is 1.60. The van der Waals surface area contributed by atoms with Crippen LogP contribution in [-0.4, -0.2) is 9.55 Å². The Bertz CT molecular complexity index is 793. The van der Waals surface area contributed by atoms with Gasteiger partial charge in [-0.1, -0.05) is 0 Å². The van der Waals surface area contributed by atoms with E-state index >= 15 is 0 Å². The Morgan fingerprint density at radius 1 is 1.40 bits per heavy atom. The van der Waals surface area contributed by atoms with Crippen molar-refractivity contribution in [3.8, 4) is 0 Å². The molecule has 0 amide bonds. The average molecular weight is 338 g/mol. The zero-order valence-electron chi connectivity index (χ0n) is 11.0. The van der Waals surface area contributed by atoms with Gasteiger partial charge in [0.05, 0.1) is 21.5 Å². The summed E-state index contributed by atoms with van der Waals surface area (Å²) in [7, 11) is 0. The van der Waals surface area contributed by atoms with Gasteiger partial charge in [-0.3, -0.25) is 4.57 Å². The third-order valence-corrected chi connectivity index (χ3v) is 3.93. The van der Waals surface area contributed by atoms with Crippen LogP contribution in [0.4, 0.5) is 10.3 Å². The fourth-order valence-corrected chi connectivity index (χ4v) is 2.65. The first-order valence-corrected chi connectivity index (χ1v) is 6.95. The van der Waals surface area contributed by atoms with Crippen molar-refractivity contribution in [2.24, 2.45) is 0 Å². The van der Waals surface area contributed by atoms with Crippen LogP contribution in [0.25, 0.3) is 11.0 Å². The zero-order chi connectivity index (χ0) is 14.4. The molecular formula is C14H13BrFN3O. The number of imidazole rings is 1. The number of fused-ring (bicyclic) bond motifs is 1. The first-order chi connectivity index (χ1) is 9.47. The number of nitrogens with zero attached hydrogens (tertiary/aromatic N) is 2. The Kier molecular flexibility index (Phi) is 3.05. The lowest BCUT2D eigenvalue weighted by atomic mass is 10.2. The molecule has 0 aliphatic carbocycles. The number of aryl methyl sites for hydroxylation is 1. The maximum Gasteiger partial charge on any atom is 0.201 e. The van der Waals surface area contributed by atoms with Crippen molar-refractivity contribution < 1.29 is 8.81 Å². The van der Waals surface area contributed by atoms with Crippen LogP contribution in [0.2, 0.25) is 0 Å². The molecule has 0 aliphatic rings. The Balaban J connectivity index is 2.20. The number of nitrogen functional groups attached to an aromatic ring is 1. The van der Waals surface area contributed by atoms with Gasteiger partial charge >= 0.3 is 0 Å². The molecule has 0 bridgehead atoms. The van der Waals surface area contributed by atoms with Gasteiger partial charge in [0, 0.05) is 6.07 Å². The van der Waals surface area contributed by atoms with Crippen LogP contribution in [0.1, 0.15) is 24.5 Å². The molecule has 0 aliphatic heterocycles. The van der Waals surface area contributed by atoms with Crippen LogP contribution in [-0.2, 0) is 0 Å². The van der Waals surface area contributed by atoms with E-state index in [0.29, 0.717) is 15.9 Å². The molecule has 2 heterocycles. The summed E-state index contributed by atoms with van der Waals surface area (Å²) >= 11 is 3.19. The van der Waals surface area contributed by atoms with E-state index in [1.165, 1.54) is 6.07 Å². The molecule has 3 rings (SSSR count). The van der Waals surface area contributed by atoms with Crippen LogP contribution in [0.15, 0.2) is 33.2 Å². The van der Waals surface area contributed by atoms with E-state index in [0.717, 1.165) is 17.0 Å². The van der Waals surface area contributed by atoms with E-state index in [1.807, 2.05) is 30.5 Å². The molecule has 4 nitrogen and oxygen atoms in total. The molecule has 2 aromatic heterocycles. The lowest BCUT2D eigenvalue weighted by Crippen LogP contribution is -2.09. The molecule has 1 atom stereocenters. The van der Waals surface area contributed by atoms with Crippen LogP contribution in [0.3, 0.4) is 0 Å². The largest absolute Gasteiger partial charge is 0.464 e. The standard InChI is InChI=1S/C14H13BrFN3O/c1-7-3-4-13(20-7)8(2)19-12-5-9(15)10(16)6-11(12)18-14(19)17/h3-6,8H,1-2H3,(H2,17,18). The number of benzene rings is 1. The van der Waals surface area contributed by atoms with Crippen molar-refractivity contribution in [2.45, 2.75) is 19.9 Å². The van der Waals surface area contributed by atoms with E-state index in [9.17, 15) is 4.39 Å². The zero-order valence-corrected chi connectivity index (χ0v) is 12.6. The second-order valence-corrected chi connectivity index (χ2v) is 5.57. The highest BCUT2D eigenvalue weighted by Crippen LogP contribution is 2.31. The Morgan fingerprint density at radius 2 is 2.15 bits per heavy atom. The third-order valence-electron chi connectivity index (χ3n) is 3.32. The number of hydrogen-bond acceptors (Lipinski definition) is 3. The van der Waals surface area contributed by atoms with E-state index in [-0.39, 0.29) is 11.9 Å². The number of rotatable bonds is 2. The molecule has 1 unspecified atom stereocenters. The summed E-state index contributed by atoms with van der Waals surface area (Å²) in [5.41, 5.74) is 7.26. The van der Waals surface area contributed by atoms with Crippen LogP contribution >= 0.6 is 15.9 Å². The lowest BCUT2D eigenvalue weighted by Gasteiger charge is -2.13. The summed E-state index contributed by atoms with van der Waals surface area (Å²) in [5, 5.41) is 0. The molecule has 0 saturated heterocycles. The molecule has 104 valence electrons. The van der Waals surface area contributed by atoms with Gasteiger partial charge in [0.2, 0.25) is 5.95 Å². The maximum atomic E-state index is 13.6. The first-order valence-electron chi connectivity index (χ1n) is 6.16. The number of hydrogen-bond donors (Lipinski definition) is 1. The number of furan rings is 1. The summed E-state index contributed by atoms with van der Waals surface area (Å²) in [6, 6.07) is 6.74. The van der Waals surface area contributed by atoms with Gasteiger partial charge in [0.25, 0.3) is 0 Å². The average Bonchev–Trinajstić information content (AvgIpc) is 2.93. The number of nitrogens with two attached hydrogens (primary N) is 1. The Labute approximate surface area is 123 Å². The van der Waals surface area contributed by atoms with Crippen LogP contribution in [0, 0.1) is 12.7 Å². The molecule has 0 spiro atoms. The van der Waals surface area contributed by atoms with Gasteiger partial charge in [-0.2, -0.15) is 0 Å². The van der Waals surface area contributed by atoms with Crippen molar-refractivity contribution in [3.05, 3.63) is 46.1 Å². The SMILES string of the molecule is Cc1ccc(C(C)n2c(N)nc3cc(F)c(Br)cc32)o1. The van der Waals surface area contributed by atoms with Crippen molar-refractivity contribution in [2.75, 3.05) is 5.73 Å². The highest BCUT2D eigenvalue weighted by molar-refractivity contribution is 9.10. The molecule has 20 heavy (non-hydrogen) atoms. The Hall–Kier alpha value is -1.82. The second kappa shape index (κ2) is 4.63. The van der Waals surface area contributed by atoms with Crippen molar-refractivity contribution in [1.29, 1.82) is 0 Å². The summed E-state index contributed by atoms with van der Waals surface area (Å²) in [4.78, 5) is 4.21. The maximum absolute atomic E-state index is 13.6. The van der Waals surface area contributed by atoms with E-state index in [4.69, 9.17) is 10.2 Å². The quantitative estimate of drug-likeness (QED) is 0.767. The predicted octanol–water partition coefficient (Wildman–Crippen LogP) is 4.03. The molecular weight excluding hydrogens is 325 g/mol. The van der Waals surface area contributed by atoms with Gasteiger partial charge in [-0.25, -0.2) is 9.37 Å². The van der Waals surface area contributed by atoms with E-state index < -0.39 is 0 Å². The van der Waals surface area contributed by atoms with Crippen molar-refractivity contribution in [3.63, 3.8) is 0 Å². The first kappa shape index (κ1) is 13.2. The van der Waals surface area contributed by atoms with Crippen molar-refractivity contribution in [1.82, 2.24) is 9.55 Å². The fraction of sp³-hybridized carbons (Fsp3) is 0.214. The van der Waals surface area contributed by atoms with E-state index in [1.54, 1.807) is 6.07 Å². The number of halogens is 2. The summed E-state index contributed by atoms with van der Waals surface area (Å²) in [6.07, 6.45) is 0. The molecule has 3 aromatic rings. The lowest BCUT2D eigenvalue weighted by molar-refractivity contribution is 0.435. The number of aromatic nitrogens is 2. The Morgan fingerprint density at radius 3 is 2.80 bits per heavy atom. The second-order valence-electron chi connectivity index (χ2n) is 4.72. The molecule has 6 heteroatoms. The minimum atomic E-state index is -0.358. The molecule has 0 radical (unpaired) electrons. The van der Waals surface area contributed by atoms with Gasteiger partial charge < -0.3 is 10.2 Å². The minimum Gasteiger partial charge on any atom is -0.464 e. The van der Waals surface area contributed by atoms with Gasteiger partial charge in [-0.15, -0.1) is 0 Å². The van der Waals surface area contributed by atoms with Crippen LogP contribution < -0.4 is 5.73 Å². The monoisotopic (exact) mass is 337 g/mol.